The molecule has 0 bridgehead atoms. The third-order valence-corrected chi connectivity index (χ3v) is 3.03. The van der Waals surface area contributed by atoms with E-state index < -0.39 is 0 Å². The second-order valence-electron chi connectivity index (χ2n) is 4.73. The second kappa shape index (κ2) is 10.5. The summed E-state index contributed by atoms with van der Waals surface area (Å²) in [6.45, 7) is 4.75. The van der Waals surface area contributed by atoms with Gasteiger partial charge in [-0.1, -0.05) is 32.6 Å². The first-order chi connectivity index (χ1) is 8.07. The molecule has 0 aromatic heterocycles. The third-order valence-electron chi connectivity index (χ3n) is 3.03. The van der Waals surface area contributed by atoms with Crippen LogP contribution in [-0.2, 0) is 4.79 Å². The van der Waals surface area contributed by atoms with E-state index in [0.29, 0.717) is 13.0 Å². The Balaban J connectivity index is 3.35. The summed E-state index contributed by atoms with van der Waals surface area (Å²) in [6, 6.07) is 0.0832. The van der Waals surface area contributed by atoms with E-state index >= 15 is 0 Å². The molecule has 1 amide bonds. The van der Waals surface area contributed by atoms with Crippen LogP contribution in [0.3, 0.4) is 0 Å². The van der Waals surface area contributed by atoms with Gasteiger partial charge in [-0.2, -0.15) is 5.06 Å². The van der Waals surface area contributed by atoms with Crippen LogP contribution in [0.5, 0.6) is 0 Å². The van der Waals surface area contributed by atoms with Gasteiger partial charge in [0, 0.05) is 26.1 Å². The molecule has 102 valence electrons. The zero-order valence-electron chi connectivity index (χ0n) is 11.5. The van der Waals surface area contributed by atoms with Crippen molar-refractivity contribution in [1.82, 2.24) is 10.4 Å². The smallest absolute Gasteiger partial charge is 0.219 e. The van der Waals surface area contributed by atoms with Crippen molar-refractivity contribution >= 4 is 5.91 Å². The van der Waals surface area contributed by atoms with Crippen LogP contribution in [-0.4, -0.2) is 35.8 Å². The van der Waals surface area contributed by atoms with Gasteiger partial charge >= 0.3 is 0 Å². The first kappa shape index (κ1) is 16.4. The number of hydrogen-bond acceptors (Lipinski definition) is 3. The molecule has 0 aliphatic rings. The van der Waals surface area contributed by atoms with Gasteiger partial charge in [0.25, 0.3) is 0 Å². The minimum Gasteiger partial charge on any atom is -0.356 e. The normalized spacial score (nSPS) is 12.8. The van der Waals surface area contributed by atoms with Gasteiger partial charge in [-0.25, -0.2) is 0 Å². The van der Waals surface area contributed by atoms with Crippen LogP contribution in [0.1, 0.15) is 58.8 Å². The predicted molar refractivity (Wildman–Crippen MR) is 70.0 cm³/mol. The van der Waals surface area contributed by atoms with E-state index in [2.05, 4.69) is 12.2 Å². The van der Waals surface area contributed by atoms with Crippen LogP contribution in [0.15, 0.2) is 0 Å². The fourth-order valence-corrected chi connectivity index (χ4v) is 1.58. The summed E-state index contributed by atoms with van der Waals surface area (Å²) in [4.78, 5) is 11.4. The first-order valence-corrected chi connectivity index (χ1v) is 6.76. The Bertz CT molecular complexity index is 196. The summed E-state index contributed by atoms with van der Waals surface area (Å²) in [5.74, 6) is 0.134. The van der Waals surface area contributed by atoms with Crippen molar-refractivity contribution in [2.24, 2.45) is 0 Å². The summed E-state index contributed by atoms with van der Waals surface area (Å²) in [7, 11) is 1.63. The molecule has 0 radical (unpaired) electrons. The predicted octanol–water partition coefficient (Wildman–Crippen LogP) is 2.56. The van der Waals surface area contributed by atoms with Crippen LogP contribution in [0.2, 0.25) is 0 Å². The van der Waals surface area contributed by atoms with Crippen molar-refractivity contribution in [2.45, 2.75) is 64.8 Å². The standard InChI is InChI=1S/C13H28N2O2/c1-4-5-6-7-8-9-13(16)14-11-10-12(2)15(3)17/h12,17H,4-11H2,1-3H3,(H,14,16). The summed E-state index contributed by atoms with van der Waals surface area (Å²) in [6.07, 6.45) is 7.27. The number of hydroxylamine groups is 2. The quantitative estimate of drug-likeness (QED) is 0.459. The molecule has 0 rings (SSSR count). The maximum atomic E-state index is 11.4. The molecule has 17 heavy (non-hydrogen) atoms. The fourth-order valence-electron chi connectivity index (χ4n) is 1.58. The lowest BCUT2D eigenvalue weighted by molar-refractivity contribution is -0.122. The molecule has 2 N–H and O–H groups in total. The highest BCUT2D eigenvalue weighted by Gasteiger charge is 2.06. The lowest BCUT2D eigenvalue weighted by Gasteiger charge is -2.17. The molecule has 0 aromatic rings. The summed E-state index contributed by atoms with van der Waals surface area (Å²) >= 11 is 0. The van der Waals surface area contributed by atoms with Gasteiger partial charge in [0.2, 0.25) is 5.91 Å². The van der Waals surface area contributed by atoms with Gasteiger partial charge in [-0.3, -0.25) is 4.79 Å². The minimum atomic E-state index is 0.0832. The number of nitrogens with zero attached hydrogens (tertiary/aromatic N) is 1. The lowest BCUT2D eigenvalue weighted by atomic mass is 10.1. The molecule has 1 atom stereocenters. The summed E-state index contributed by atoms with van der Waals surface area (Å²) in [5, 5.41) is 13.2. The number of unbranched alkanes of at least 4 members (excludes halogenated alkanes) is 4. The molecule has 0 saturated heterocycles. The Morgan fingerprint density at radius 1 is 1.29 bits per heavy atom. The molecule has 0 heterocycles. The zero-order valence-corrected chi connectivity index (χ0v) is 11.5. The molecule has 0 fully saturated rings. The Morgan fingerprint density at radius 2 is 1.94 bits per heavy atom. The third kappa shape index (κ3) is 10.3. The molecular formula is C13H28N2O2. The summed E-state index contributed by atoms with van der Waals surface area (Å²) in [5.41, 5.74) is 0. The number of carbonyl (C=O) groups is 1. The van der Waals surface area contributed by atoms with Crippen molar-refractivity contribution in [1.29, 1.82) is 0 Å². The average molecular weight is 244 g/mol. The van der Waals surface area contributed by atoms with E-state index in [1.807, 2.05) is 6.92 Å². The van der Waals surface area contributed by atoms with E-state index in [4.69, 9.17) is 5.21 Å². The maximum Gasteiger partial charge on any atom is 0.219 e. The molecule has 4 heteroatoms. The number of nitrogens with one attached hydrogen (secondary N) is 1. The van der Waals surface area contributed by atoms with Crippen LogP contribution in [0.4, 0.5) is 0 Å². The molecule has 0 aliphatic carbocycles. The van der Waals surface area contributed by atoms with Crippen molar-refractivity contribution in [2.75, 3.05) is 13.6 Å². The Hall–Kier alpha value is -0.610. The van der Waals surface area contributed by atoms with Gasteiger partial charge in [0.1, 0.15) is 0 Å². The summed E-state index contributed by atoms with van der Waals surface area (Å²) < 4.78 is 0. The highest BCUT2D eigenvalue weighted by Crippen LogP contribution is 2.04. The molecule has 4 nitrogen and oxygen atoms in total. The van der Waals surface area contributed by atoms with E-state index in [9.17, 15) is 4.79 Å². The zero-order chi connectivity index (χ0) is 13.1. The Labute approximate surface area is 105 Å². The molecule has 0 spiro atoms. The van der Waals surface area contributed by atoms with Crippen molar-refractivity contribution in [3.63, 3.8) is 0 Å². The Kier molecular flexibility index (Phi) is 10.2. The van der Waals surface area contributed by atoms with Gasteiger partial charge in [0.15, 0.2) is 0 Å². The molecule has 0 aliphatic heterocycles. The highest BCUT2D eigenvalue weighted by molar-refractivity contribution is 5.75. The van der Waals surface area contributed by atoms with Crippen molar-refractivity contribution in [3.8, 4) is 0 Å². The topological polar surface area (TPSA) is 52.6 Å². The molecule has 0 aromatic carbocycles. The van der Waals surface area contributed by atoms with E-state index in [0.717, 1.165) is 19.3 Å². The SMILES string of the molecule is CCCCCCCC(=O)NCCC(C)N(C)O. The monoisotopic (exact) mass is 244 g/mol. The number of carbonyl (C=O) groups excluding carboxylic acids is 1. The van der Waals surface area contributed by atoms with Crippen molar-refractivity contribution < 1.29 is 10.0 Å². The minimum absolute atomic E-state index is 0.0832. The second-order valence-corrected chi connectivity index (χ2v) is 4.73. The molecule has 0 saturated carbocycles. The molecular weight excluding hydrogens is 216 g/mol. The van der Waals surface area contributed by atoms with E-state index in [1.54, 1.807) is 7.05 Å². The lowest BCUT2D eigenvalue weighted by Crippen LogP contribution is -2.31. The Morgan fingerprint density at radius 3 is 2.53 bits per heavy atom. The average Bonchev–Trinajstić information content (AvgIpc) is 2.28. The van der Waals surface area contributed by atoms with E-state index in [-0.39, 0.29) is 11.9 Å². The van der Waals surface area contributed by atoms with Crippen LogP contribution in [0, 0.1) is 0 Å². The van der Waals surface area contributed by atoms with Crippen molar-refractivity contribution in [3.05, 3.63) is 0 Å². The number of rotatable bonds is 10. The van der Waals surface area contributed by atoms with Gasteiger partial charge in [-0.05, 0) is 19.8 Å². The van der Waals surface area contributed by atoms with Gasteiger partial charge < -0.3 is 10.5 Å². The number of hydrogen-bond donors (Lipinski definition) is 2. The van der Waals surface area contributed by atoms with Crippen LogP contribution >= 0.6 is 0 Å². The van der Waals surface area contributed by atoms with Crippen LogP contribution < -0.4 is 5.32 Å². The van der Waals surface area contributed by atoms with Crippen LogP contribution in [0.25, 0.3) is 0 Å². The first-order valence-electron chi connectivity index (χ1n) is 6.76. The molecule has 1 unspecified atom stereocenters. The highest BCUT2D eigenvalue weighted by atomic mass is 16.5. The van der Waals surface area contributed by atoms with Gasteiger partial charge in [0.05, 0.1) is 0 Å². The van der Waals surface area contributed by atoms with E-state index in [1.165, 1.54) is 24.3 Å². The number of amides is 1. The fraction of sp³-hybridized carbons (Fsp3) is 0.923. The largest absolute Gasteiger partial charge is 0.356 e. The maximum absolute atomic E-state index is 11.4. The van der Waals surface area contributed by atoms with Gasteiger partial charge in [-0.15, -0.1) is 0 Å².